The van der Waals surface area contributed by atoms with Gasteiger partial charge in [0.2, 0.25) is 0 Å². The van der Waals surface area contributed by atoms with Crippen LogP contribution in [0.25, 0.3) is 0 Å². The highest BCUT2D eigenvalue weighted by atomic mass is 32.2. The van der Waals surface area contributed by atoms with Crippen molar-refractivity contribution in [3.8, 4) is 11.8 Å². The van der Waals surface area contributed by atoms with Crippen LogP contribution in [0, 0.1) is 11.3 Å². The molecule has 1 saturated heterocycles. The van der Waals surface area contributed by atoms with Gasteiger partial charge in [0.25, 0.3) is 5.06 Å². The van der Waals surface area contributed by atoms with Crippen molar-refractivity contribution in [3.63, 3.8) is 0 Å². The fourth-order valence-corrected chi connectivity index (χ4v) is 4.63. The quantitative estimate of drug-likeness (QED) is 0.884. The highest BCUT2D eigenvalue weighted by molar-refractivity contribution is 8.01. The maximum atomic E-state index is 10.9. The third kappa shape index (κ3) is 2.63. The second-order valence-corrected chi connectivity index (χ2v) is 7.76. The minimum absolute atomic E-state index is 0.385. The molecule has 1 atom stereocenters. The first-order valence-electron chi connectivity index (χ1n) is 7.87. The maximum absolute atomic E-state index is 10.9. The van der Waals surface area contributed by atoms with Crippen LogP contribution < -0.4 is 4.74 Å². The molecule has 1 fully saturated rings. The topological polar surface area (TPSA) is 68.8 Å². The third-order valence-corrected chi connectivity index (χ3v) is 5.60. The number of hydrogen-bond acceptors (Lipinski definition) is 6. The Hall–Kier alpha value is -1.55. The van der Waals surface area contributed by atoms with E-state index in [1.807, 2.05) is 13.8 Å². The molecule has 5 nitrogen and oxygen atoms in total. The lowest BCUT2D eigenvalue weighted by atomic mass is 9.98. The van der Waals surface area contributed by atoms with Crippen LogP contribution in [0.1, 0.15) is 45.6 Å². The molecule has 2 aliphatic heterocycles. The Balaban J connectivity index is 2.10. The largest absolute Gasteiger partial charge is 0.453 e. The van der Waals surface area contributed by atoms with Gasteiger partial charge in [-0.05, 0) is 44.9 Å². The van der Waals surface area contributed by atoms with Gasteiger partial charge in [0.15, 0.2) is 0 Å². The molecule has 0 aliphatic carbocycles. The number of hydroxylamine groups is 2. The molecule has 0 aromatic heterocycles. The first-order valence-corrected chi connectivity index (χ1v) is 8.86. The number of aliphatic imine (C=N–C) groups is 1. The van der Waals surface area contributed by atoms with E-state index in [9.17, 15) is 5.21 Å². The first kappa shape index (κ1) is 16.3. The smallest absolute Gasteiger partial charge is 0.272 e. The molecule has 0 saturated carbocycles. The van der Waals surface area contributed by atoms with Crippen LogP contribution in [-0.2, 0) is 0 Å². The summed E-state index contributed by atoms with van der Waals surface area (Å²) in [5, 5.41) is 20.3. The Kier molecular flexibility index (Phi) is 4.13. The zero-order valence-electron chi connectivity index (χ0n) is 13.7. The predicted octanol–water partition coefficient (Wildman–Crippen LogP) is 4.08. The van der Waals surface area contributed by atoms with Crippen LogP contribution in [0.3, 0.4) is 0 Å². The summed E-state index contributed by atoms with van der Waals surface area (Å²) in [7, 11) is 0. The van der Waals surface area contributed by atoms with Gasteiger partial charge in [-0.2, -0.15) is 5.26 Å². The van der Waals surface area contributed by atoms with E-state index in [2.05, 4.69) is 13.0 Å². The van der Waals surface area contributed by atoms with Crippen molar-refractivity contribution < 1.29 is 9.94 Å². The van der Waals surface area contributed by atoms with Gasteiger partial charge in [-0.15, -0.1) is 5.06 Å². The van der Waals surface area contributed by atoms with E-state index in [4.69, 9.17) is 15.0 Å². The van der Waals surface area contributed by atoms with Gasteiger partial charge in [-0.1, -0.05) is 25.1 Å². The Morgan fingerprint density at radius 2 is 2.26 bits per heavy atom. The number of rotatable bonds is 2. The van der Waals surface area contributed by atoms with Crippen LogP contribution in [0.4, 0.5) is 5.69 Å². The molecule has 122 valence electrons. The molecular weight excluding hydrogens is 310 g/mol. The molecule has 0 amide bonds. The second-order valence-electron chi connectivity index (χ2n) is 6.51. The summed E-state index contributed by atoms with van der Waals surface area (Å²) in [6, 6.07) is 7.34. The number of fused-ring (bicyclic) bond motifs is 1. The van der Waals surface area contributed by atoms with Crippen molar-refractivity contribution in [2.75, 3.05) is 5.75 Å². The Bertz CT molecular complexity index is 696. The molecule has 3 rings (SSSR count). The number of nitriles is 1. The molecule has 23 heavy (non-hydrogen) atoms. The van der Waals surface area contributed by atoms with Crippen molar-refractivity contribution in [1.29, 1.82) is 5.26 Å². The average molecular weight is 331 g/mol. The minimum Gasteiger partial charge on any atom is -0.453 e. The Morgan fingerprint density at radius 1 is 1.48 bits per heavy atom. The van der Waals surface area contributed by atoms with E-state index < -0.39 is 5.06 Å². The summed E-state index contributed by atoms with van der Waals surface area (Å²) < 4.78 is 6.27. The van der Waals surface area contributed by atoms with Gasteiger partial charge in [0, 0.05) is 11.3 Å². The molecule has 1 N–H and O–H groups in total. The fraction of sp³-hybridized carbons (Fsp3) is 0.529. The van der Waals surface area contributed by atoms with Gasteiger partial charge in [0.1, 0.15) is 11.4 Å². The second kappa shape index (κ2) is 5.82. The van der Waals surface area contributed by atoms with Crippen molar-refractivity contribution in [2.24, 2.45) is 4.99 Å². The summed E-state index contributed by atoms with van der Waals surface area (Å²) in [5.41, 5.74) is 1.64. The van der Waals surface area contributed by atoms with E-state index >= 15 is 0 Å². The molecule has 0 radical (unpaired) electrons. The highest BCUT2D eigenvalue weighted by Gasteiger charge is 2.54. The Morgan fingerprint density at radius 3 is 2.96 bits per heavy atom. The van der Waals surface area contributed by atoms with E-state index in [1.165, 1.54) is 5.06 Å². The van der Waals surface area contributed by atoms with Crippen LogP contribution >= 0.6 is 11.8 Å². The molecule has 1 spiro atoms. The molecule has 2 heterocycles. The SMILES string of the molecule is CCCC1=Nc2cc(C#N)ccc2O[C@@]12SCCC(C)(C)N2O. The summed E-state index contributed by atoms with van der Waals surface area (Å²) in [4.78, 5) is 4.75. The van der Waals surface area contributed by atoms with Crippen LogP contribution in [-0.4, -0.2) is 32.3 Å². The molecule has 6 heteroatoms. The third-order valence-electron chi connectivity index (χ3n) is 4.31. The zero-order chi connectivity index (χ0) is 16.7. The van der Waals surface area contributed by atoms with Gasteiger partial charge in [-0.3, -0.25) is 0 Å². The van der Waals surface area contributed by atoms with Crippen molar-refractivity contribution >= 4 is 23.2 Å². The number of nitrogens with zero attached hydrogens (tertiary/aromatic N) is 3. The average Bonchev–Trinajstić information content (AvgIpc) is 2.53. The summed E-state index contributed by atoms with van der Waals surface area (Å²) in [6.07, 6.45) is 2.52. The molecule has 1 aromatic carbocycles. The predicted molar refractivity (Wildman–Crippen MR) is 91.3 cm³/mol. The van der Waals surface area contributed by atoms with Crippen molar-refractivity contribution in [3.05, 3.63) is 23.8 Å². The van der Waals surface area contributed by atoms with E-state index in [-0.39, 0.29) is 5.54 Å². The lowest BCUT2D eigenvalue weighted by molar-refractivity contribution is -0.237. The van der Waals surface area contributed by atoms with Crippen molar-refractivity contribution in [1.82, 2.24) is 5.06 Å². The van der Waals surface area contributed by atoms with E-state index in [0.717, 1.165) is 30.7 Å². The van der Waals surface area contributed by atoms with Crippen LogP contribution in [0.5, 0.6) is 5.75 Å². The number of hydrogen-bond donors (Lipinski definition) is 1. The van der Waals surface area contributed by atoms with Crippen molar-refractivity contribution in [2.45, 2.75) is 50.6 Å². The molecular formula is C17H21N3O2S. The van der Waals surface area contributed by atoms with Crippen LogP contribution in [0.2, 0.25) is 0 Å². The zero-order valence-corrected chi connectivity index (χ0v) is 14.5. The minimum atomic E-state index is -0.973. The highest BCUT2D eigenvalue weighted by Crippen LogP contribution is 2.49. The Labute approximate surface area is 140 Å². The van der Waals surface area contributed by atoms with Gasteiger partial charge >= 0.3 is 0 Å². The molecule has 2 aliphatic rings. The van der Waals surface area contributed by atoms with Gasteiger partial charge in [-0.25, -0.2) is 4.99 Å². The van der Waals surface area contributed by atoms with E-state index in [1.54, 1.807) is 30.0 Å². The standard InChI is InChI=1S/C17H21N3O2S/c1-4-5-15-17(20(21)16(2,3)8-9-23-17)22-14-7-6-12(11-18)10-13(14)19-15/h6-7,10,21H,4-5,8-9H2,1-3H3/t17-/m1/s1. The number of ether oxygens (including phenoxy) is 1. The monoisotopic (exact) mass is 331 g/mol. The molecule has 1 aromatic rings. The lowest BCUT2D eigenvalue weighted by Crippen LogP contribution is -2.65. The summed E-state index contributed by atoms with van der Waals surface area (Å²) >= 11 is 1.58. The lowest BCUT2D eigenvalue weighted by Gasteiger charge is -2.51. The number of benzene rings is 1. The molecule has 0 bridgehead atoms. The number of thioether (sulfide) groups is 1. The fourth-order valence-electron chi connectivity index (χ4n) is 2.92. The van der Waals surface area contributed by atoms with Crippen LogP contribution in [0.15, 0.2) is 23.2 Å². The summed E-state index contributed by atoms with van der Waals surface area (Å²) in [6.45, 7) is 6.10. The normalized spacial score (nSPS) is 26.1. The van der Waals surface area contributed by atoms with E-state index in [0.29, 0.717) is 17.0 Å². The van der Waals surface area contributed by atoms with Gasteiger partial charge < -0.3 is 9.94 Å². The van der Waals surface area contributed by atoms with Gasteiger partial charge in [0.05, 0.1) is 17.3 Å². The first-order chi connectivity index (χ1) is 10.9. The summed E-state index contributed by atoms with van der Waals surface area (Å²) in [5.74, 6) is 1.49. The maximum Gasteiger partial charge on any atom is 0.272 e. The molecule has 0 unspecified atom stereocenters.